The van der Waals surface area contributed by atoms with Crippen molar-refractivity contribution in [3.63, 3.8) is 0 Å². The topological polar surface area (TPSA) is 57.7 Å². The highest BCUT2D eigenvalue weighted by Crippen LogP contribution is 2.41. The smallest absolute Gasteiger partial charge is 0.246 e. The number of rotatable bonds is 5. The number of piperidine rings is 1. The SMILES string of the molecule is CCCS(=O)(=O)N1CCC2(CCN(C(=O)/C=C/c3ccsc3)CC2)C1. The van der Waals surface area contributed by atoms with Crippen LogP contribution in [0.4, 0.5) is 0 Å². The Bertz CT molecular complexity index is 718. The third kappa shape index (κ3) is 4.33. The van der Waals surface area contributed by atoms with E-state index in [1.165, 1.54) is 0 Å². The number of amides is 1. The molecule has 0 unspecified atom stereocenters. The van der Waals surface area contributed by atoms with Crippen LogP contribution in [0.25, 0.3) is 6.08 Å². The van der Waals surface area contributed by atoms with Crippen LogP contribution in [0.1, 0.15) is 38.2 Å². The zero-order valence-corrected chi connectivity index (χ0v) is 16.3. The van der Waals surface area contributed by atoms with Gasteiger partial charge in [-0.1, -0.05) is 6.92 Å². The average molecular weight is 383 g/mol. The van der Waals surface area contributed by atoms with E-state index in [0.717, 1.165) is 24.8 Å². The fourth-order valence-electron chi connectivity index (χ4n) is 3.77. The van der Waals surface area contributed by atoms with E-state index in [4.69, 9.17) is 0 Å². The minimum atomic E-state index is -3.11. The molecule has 1 aromatic rings. The fourth-order valence-corrected chi connectivity index (χ4v) is 6.01. The molecule has 0 saturated carbocycles. The van der Waals surface area contributed by atoms with Crippen LogP contribution in [0.5, 0.6) is 0 Å². The van der Waals surface area contributed by atoms with Gasteiger partial charge in [-0.15, -0.1) is 0 Å². The minimum Gasteiger partial charge on any atom is -0.339 e. The molecule has 0 aromatic carbocycles. The summed E-state index contributed by atoms with van der Waals surface area (Å²) in [6.07, 6.45) is 6.87. The first-order chi connectivity index (χ1) is 11.9. The number of carbonyl (C=O) groups is 1. The Hall–Kier alpha value is -1.18. The second kappa shape index (κ2) is 7.60. The summed E-state index contributed by atoms with van der Waals surface area (Å²) in [5.41, 5.74) is 1.12. The van der Waals surface area contributed by atoms with Crippen molar-refractivity contribution < 1.29 is 13.2 Å². The van der Waals surface area contributed by atoms with Crippen LogP contribution < -0.4 is 0 Å². The van der Waals surface area contributed by atoms with Gasteiger partial charge < -0.3 is 4.90 Å². The van der Waals surface area contributed by atoms with Crippen LogP contribution in [0.15, 0.2) is 22.9 Å². The average Bonchev–Trinajstić information content (AvgIpc) is 3.24. The highest BCUT2D eigenvalue weighted by molar-refractivity contribution is 7.89. The van der Waals surface area contributed by atoms with E-state index < -0.39 is 10.0 Å². The van der Waals surface area contributed by atoms with Crippen molar-refractivity contribution in [2.24, 2.45) is 5.41 Å². The van der Waals surface area contributed by atoms with Gasteiger partial charge in [0.1, 0.15) is 0 Å². The Morgan fingerprint density at radius 2 is 2.00 bits per heavy atom. The maximum absolute atomic E-state index is 12.3. The number of carbonyl (C=O) groups excluding carboxylic acids is 1. The summed E-state index contributed by atoms with van der Waals surface area (Å²) in [6.45, 7) is 4.59. The second-order valence-corrected chi connectivity index (χ2v) is 9.98. The summed E-state index contributed by atoms with van der Waals surface area (Å²) >= 11 is 1.62. The Balaban J connectivity index is 1.54. The molecule has 0 aliphatic carbocycles. The second-order valence-electron chi connectivity index (χ2n) is 7.11. The summed E-state index contributed by atoms with van der Waals surface area (Å²) in [5.74, 6) is 0.288. The summed E-state index contributed by atoms with van der Waals surface area (Å²) in [7, 11) is -3.11. The molecule has 2 saturated heterocycles. The number of sulfonamides is 1. The lowest BCUT2D eigenvalue weighted by Crippen LogP contribution is -2.44. The Labute approximate surface area is 154 Å². The van der Waals surface area contributed by atoms with Gasteiger partial charge in [0, 0.05) is 32.3 Å². The fraction of sp³-hybridized carbons (Fsp3) is 0.611. The van der Waals surface area contributed by atoms with Crippen molar-refractivity contribution in [2.75, 3.05) is 31.9 Å². The van der Waals surface area contributed by atoms with Crippen LogP contribution in [0, 0.1) is 5.41 Å². The predicted octanol–water partition coefficient (Wildman–Crippen LogP) is 2.82. The molecule has 0 N–H and O–H groups in total. The van der Waals surface area contributed by atoms with E-state index in [9.17, 15) is 13.2 Å². The van der Waals surface area contributed by atoms with Crippen molar-refractivity contribution in [3.8, 4) is 0 Å². The number of nitrogens with zero attached hydrogens (tertiary/aromatic N) is 2. The van der Waals surface area contributed by atoms with Crippen LogP contribution in [-0.4, -0.2) is 55.5 Å². The molecule has 0 bridgehead atoms. The van der Waals surface area contributed by atoms with Gasteiger partial charge in [-0.2, -0.15) is 11.3 Å². The summed E-state index contributed by atoms with van der Waals surface area (Å²) in [5, 5.41) is 4.01. The molecule has 0 radical (unpaired) electrons. The minimum absolute atomic E-state index is 0.0505. The molecule has 2 aliphatic rings. The van der Waals surface area contributed by atoms with Gasteiger partial charge in [-0.3, -0.25) is 4.79 Å². The highest BCUT2D eigenvalue weighted by atomic mass is 32.2. The Morgan fingerprint density at radius 3 is 2.64 bits per heavy atom. The quantitative estimate of drug-likeness (QED) is 0.736. The third-order valence-electron chi connectivity index (χ3n) is 5.36. The van der Waals surface area contributed by atoms with E-state index in [1.54, 1.807) is 21.7 Å². The molecular formula is C18H26N2O3S2. The van der Waals surface area contributed by atoms with E-state index in [2.05, 4.69) is 0 Å². The normalized spacial score (nSPS) is 21.4. The zero-order valence-electron chi connectivity index (χ0n) is 14.7. The molecule has 0 atom stereocenters. The highest BCUT2D eigenvalue weighted by Gasteiger charge is 2.44. The molecule has 7 heteroatoms. The van der Waals surface area contributed by atoms with Crippen LogP contribution >= 0.6 is 11.3 Å². The zero-order chi connectivity index (χ0) is 17.9. The van der Waals surface area contributed by atoms with Crippen molar-refractivity contribution in [2.45, 2.75) is 32.6 Å². The van der Waals surface area contributed by atoms with Gasteiger partial charge >= 0.3 is 0 Å². The van der Waals surface area contributed by atoms with Gasteiger partial charge in [0.25, 0.3) is 0 Å². The van der Waals surface area contributed by atoms with Crippen molar-refractivity contribution >= 4 is 33.3 Å². The monoisotopic (exact) mass is 382 g/mol. The third-order valence-corrected chi connectivity index (χ3v) is 8.08. The molecule has 1 spiro atoms. The first kappa shape index (κ1) is 18.6. The first-order valence-corrected chi connectivity index (χ1v) is 11.5. The van der Waals surface area contributed by atoms with Crippen molar-refractivity contribution in [3.05, 3.63) is 28.5 Å². The Kier molecular flexibility index (Phi) is 5.65. The molecule has 25 heavy (non-hydrogen) atoms. The van der Waals surface area contributed by atoms with E-state index in [-0.39, 0.29) is 17.1 Å². The van der Waals surface area contributed by atoms with Gasteiger partial charge in [0.05, 0.1) is 5.75 Å². The molecule has 138 valence electrons. The van der Waals surface area contributed by atoms with Crippen LogP contribution in [0.3, 0.4) is 0 Å². The van der Waals surface area contributed by atoms with Gasteiger partial charge in [-0.05, 0) is 59.6 Å². The lowest BCUT2D eigenvalue weighted by Gasteiger charge is -2.39. The van der Waals surface area contributed by atoms with Gasteiger partial charge in [-0.25, -0.2) is 12.7 Å². The summed E-state index contributed by atoms with van der Waals surface area (Å²) in [6, 6.07) is 1.99. The maximum atomic E-state index is 12.3. The largest absolute Gasteiger partial charge is 0.339 e. The molecule has 1 amide bonds. The van der Waals surface area contributed by atoms with Crippen molar-refractivity contribution in [1.82, 2.24) is 9.21 Å². The van der Waals surface area contributed by atoms with Crippen LogP contribution in [-0.2, 0) is 14.8 Å². The molecule has 2 fully saturated rings. The van der Waals surface area contributed by atoms with Crippen molar-refractivity contribution in [1.29, 1.82) is 0 Å². The standard InChI is InChI=1S/C18H26N2O3S2/c1-2-13-25(22,23)20-11-8-18(15-20)6-9-19(10-7-18)17(21)4-3-16-5-12-24-14-16/h3-5,12,14H,2,6-11,13,15H2,1H3/b4-3+. The predicted molar refractivity (Wildman–Crippen MR) is 102 cm³/mol. The lowest BCUT2D eigenvalue weighted by molar-refractivity contribution is -0.128. The van der Waals surface area contributed by atoms with Gasteiger partial charge in [0.2, 0.25) is 15.9 Å². The van der Waals surface area contributed by atoms with E-state index in [1.807, 2.05) is 34.7 Å². The summed E-state index contributed by atoms with van der Waals surface area (Å²) < 4.78 is 26.2. The molecule has 2 aliphatic heterocycles. The summed E-state index contributed by atoms with van der Waals surface area (Å²) in [4.78, 5) is 14.2. The number of hydrogen-bond donors (Lipinski definition) is 0. The molecule has 5 nitrogen and oxygen atoms in total. The number of likely N-dealkylation sites (tertiary alicyclic amines) is 1. The van der Waals surface area contributed by atoms with E-state index in [0.29, 0.717) is 32.6 Å². The number of hydrogen-bond acceptors (Lipinski definition) is 4. The molecular weight excluding hydrogens is 356 g/mol. The van der Waals surface area contributed by atoms with Crippen LogP contribution in [0.2, 0.25) is 0 Å². The Morgan fingerprint density at radius 1 is 1.28 bits per heavy atom. The van der Waals surface area contributed by atoms with Gasteiger partial charge in [0.15, 0.2) is 0 Å². The van der Waals surface area contributed by atoms with E-state index >= 15 is 0 Å². The lowest BCUT2D eigenvalue weighted by atomic mass is 9.78. The number of thiophene rings is 1. The molecule has 1 aromatic heterocycles. The maximum Gasteiger partial charge on any atom is 0.246 e. The molecule has 3 heterocycles. The first-order valence-electron chi connectivity index (χ1n) is 8.91. The molecule has 3 rings (SSSR count).